The number of carbonyl (C=O) groups is 4. The molecule has 3 aromatic rings. The van der Waals surface area contributed by atoms with Gasteiger partial charge < -0.3 is 40.6 Å². The Kier molecular flexibility index (Phi) is 17.3. The minimum atomic E-state index is -0.476. The number of hydrogen-bond donors (Lipinski definition) is 5. The molecule has 0 aliphatic carbocycles. The van der Waals surface area contributed by atoms with Crippen molar-refractivity contribution in [2.45, 2.75) is 97.9 Å². The summed E-state index contributed by atoms with van der Waals surface area (Å²) >= 11 is 0. The number of carbonyl (C=O) groups excluding carboxylic acids is 4. The Labute approximate surface area is 371 Å². The van der Waals surface area contributed by atoms with E-state index in [9.17, 15) is 29.1 Å². The van der Waals surface area contributed by atoms with Crippen molar-refractivity contribution in [3.63, 3.8) is 0 Å². The first-order valence-electron chi connectivity index (χ1n) is 22.9. The van der Waals surface area contributed by atoms with Crippen LogP contribution < -0.4 is 26.4 Å². The van der Waals surface area contributed by atoms with Gasteiger partial charge in [0.2, 0.25) is 17.7 Å². The van der Waals surface area contributed by atoms with Gasteiger partial charge in [0.05, 0.1) is 19.2 Å². The molecule has 1 aromatic heterocycles. The summed E-state index contributed by atoms with van der Waals surface area (Å²) in [6.45, 7) is 16.1. The van der Waals surface area contributed by atoms with Crippen molar-refractivity contribution in [3.8, 4) is 11.1 Å². The average Bonchev–Trinajstić information content (AvgIpc) is 3.72. The van der Waals surface area contributed by atoms with E-state index in [0.29, 0.717) is 62.6 Å². The van der Waals surface area contributed by atoms with Crippen LogP contribution in [0.3, 0.4) is 0 Å². The quantitative estimate of drug-likeness (QED) is 0.112. The van der Waals surface area contributed by atoms with Gasteiger partial charge in [0, 0.05) is 114 Å². The first kappa shape index (κ1) is 47.4. The van der Waals surface area contributed by atoms with Gasteiger partial charge in [0.1, 0.15) is 0 Å². The number of amides is 4. The van der Waals surface area contributed by atoms with Crippen molar-refractivity contribution < 1.29 is 29.0 Å². The Morgan fingerprint density at radius 1 is 0.841 bits per heavy atom. The highest BCUT2D eigenvalue weighted by atomic mass is 16.5. The number of nitrogens with zero attached hydrogens (tertiary/aromatic N) is 4. The van der Waals surface area contributed by atoms with Crippen molar-refractivity contribution in [2.75, 3.05) is 83.6 Å². The Hall–Kier alpha value is -5.09. The standard InChI is InChI=1S/C48H68N8O7/c1-5-56(39-15-23-63-24-16-39)43-27-38(26-41(35(43)4)47(61)51-28-42-33(2)25-34(3)52-48(42)62)37-12-10-36(11-13-37)30-53-19-21-54(22-20-53)32-45(59)49-17-8-6-7-9-44(58)50-29-46(60)55-18-14-40(57)31-55/h10-13,25-27,39-40,57H,5-9,14-24,28-32H2,1-4H3,(H,49,59)(H,50,58)(H,51,61)(H,52,62). The predicted octanol–water partition coefficient (Wildman–Crippen LogP) is 3.41. The van der Waals surface area contributed by atoms with Crippen molar-refractivity contribution in [1.82, 2.24) is 35.6 Å². The summed E-state index contributed by atoms with van der Waals surface area (Å²) in [5.74, 6) is -0.534. The third-order valence-electron chi connectivity index (χ3n) is 12.7. The predicted molar refractivity (Wildman–Crippen MR) is 245 cm³/mol. The first-order valence-corrected chi connectivity index (χ1v) is 22.9. The second-order valence-electron chi connectivity index (χ2n) is 17.4. The lowest BCUT2D eigenvalue weighted by molar-refractivity contribution is -0.132. The topological polar surface area (TPSA) is 180 Å². The zero-order valence-corrected chi connectivity index (χ0v) is 37.7. The molecule has 3 fully saturated rings. The molecule has 1 atom stereocenters. The maximum Gasteiger partial charge on any atom is 0.253 e. The largest absolute Gasteiger partial charge is 0.391 e. The molecular weight excluding hydrogens is 801 g/mol. The lowest BCUT2D eigenvalue weighted by atomic mass is 9.94. The van der Waals surface area contributed by atoms with E-state index in [4.69, 9.17) is 4.74 Å². The second kappa shape index (κ2) is 23.0. The number of rotatable bonds is 19. The van der Waals surface area contributed by atoms with Crippen LogP contribution in [0.1, 0.15) is 90.2 Å². The molecule has 4 heterocycles. The Bertz CT molecular complexity index is 2090. The van der Waals surface area contributed by atoms with Crippen LogP contribution in [0.15, 0.2) is 47.3 Å². The highest BCUT2D eigenvalue weighted by molar-refractivity contribution is 5.99. The fourth-order valence-corrected chi connectivity index (χ4v) is 8.97. The number of likely N-dealkylation sites (tertiary alicyclic amines) is 1. The zero-order chi connectivity index (χ0) is 44.9. The molecule has 342 valence electrons. The fourth-order valence-electron chi connectivity index (χ4n) is 8.97. The highest BCUT2D eigenvalue weighted by Gasteiger charge is 2.27. The smallest absolute Gasteiger partial charge is 0.253 e. The number of aryl methyl sites for hydroxylation is 2. The molecule has 0 bridgehead atoms. The first-order chi connectivity index (χ1) is 30.4. The van der Waals surface area contributed by atoms with Crippen LogP contribution in [0.5, 0.6) is 0 Å². The van der Waals surface area contributed by atoms with Crippen LogP contribution in [-0.4, -0.2) is 139 Å². The Balaban J connectivity index is 0.967. The minimum absolute atomic E-state index is 0.00801. The number of piperazine rings is 1. The van der Waals surface area contributed by atoms with E-state index in [2.05, 4.69) is 72.9 Å². The molecular formula is C48H68N8O7. The molecule has 6 rings (SSSR count). The van der Waals surface area contributed by atoms with Gasteiger partial charge in [-0.25, -0.2) is 0 Å². The van der Waals surface area contributed by atoms with Gasteiger partial charge in [-0.1, -0.05) is 30.7 Å². The molecule has 3 saturated heterocycles. The maximum absolute atomic E-state index is 14.0. The lowest BCUT2D eigenvalue weighted by Crippen LogP contribution is -2.49. The zero-order valence-electron chi connectivity index (χ0n) is 37.7. The number of β-amino-alcohol motifs (C(OH)–C–C–N with tert-alkyl or cyclic N) is 1. The molecule has 3 aliphatic heterocycles. The summed E-state index contributed by atoms with van der Waals surface area (Å²) in [7, 11) is 0. The number of anilines is 1. The fraction of sp³-hybridized carbons (Fsp3) is 0.562. The van der Waals surface area contributed by atoms with E-state index in [1.54, 1.807) is 4.90 Å². The van der Waals surface area contributed by atoms with Crippen LogP contribution in [0, 0.1) is 20.8 Å². The SMILES string of the molecule is CCN(c1cc(-c2ccc(CN3CCN(CC(=O)NCCCCCC(=O)NCC(=O)N4CCC(O)C4)CC3)cc2)cc(C(=O)NCc2c(C)cc(C)[nH]c2=O)c1C)C1CCOCC1. The second-order valence-corrected chi connectivity index (χ2v) is 17.4. The number of aromatic nitrogens is 1. The van der Waals surface area contributed by atoms with E-state index in [1.165, 1.54) is 5.56 Å². The van der Waals surface area contributed by atoms with Crippen molar-refractivity contribution in [1.29, 1.82) is 0 Å². The van der Waals surface area contributed by atoms with E-state index in [0.717, 1.165) is 112 Å². The van der Waals surface area contributed by atoms with Crippen LogP contribution in [0.2, 0.25) is 0 Å². The Morgan fingerprint density at radius 2 is 1.57 bits per heavy atom. The summed E-state index contributed by atoms with van der Waals surface area (Å²) in [4.78, 5) is 75.1. The van der Waals surface area contributed by atoms with Crippen LogP contribution in [-0.2, 0) is 32.2 Å². The molecule has 63 heavy (non-hydrogen) atoms. The third kappa shape index (κ3) is 13.5. The number of aliphatic hydroxyl groups excluding tert-OH is 1. The summed E-state index contributed by atoms with van der Waals surface area (Å²) in [6.07, 6.45) is 4.56. The average molecular weight is 869 g/mol. The van der Waals surface area contributed by atoms with Crippen molar-refractivity contribution in [3.05, 3.63) is 86.3 Å². The molecule has 4 amide bonds. The molecule has 3 aliphatic rings. The summed E-state index contributed by atoms with van der Waals surface area (Å²) in [5.41, 5.74) is 7.72. The molecule has 0 spiro atoms. The number of pyridine rings is 1. The number of benzene rings is 2. The minimum Gasteiger partial charge on any atom is -0.391 e. The van der Waals surface area contributed by atoms with E-state index < -0.39 is 6.10 Å². The number of aromatic amines is 1. The normalized spacial score (nSPS) is 17.4. The number of aliphatic hydroxyl groups is 1. The van der Waals surface area contributed by atoms with Crippen molar-refractivity contribution in [2.24, 2.45) is 0 Å². The molecule has 5 N–H and O–H groups in total. The molecule has 15 nitrogen and oxygen atoms in total. The number of nitrogens with one attached hydrogen (secondary N) is 4. The van der Waals surface area contributed by atoms with Gasteiger partial charge in [0.15, 0.2) is 0 Å². The van der Waals surface area contributed by atoms with Gasteiger partial charge >= 0.3 is 0 Å². The van der Waals surface area contributed by atoms with Gasteiger partial charge in [0.25, 0.3) is 11.5 Å². The highest BCUT2D eigenvalue weighted by Crippen LogP contribution is 2.34. The monoisotopic (exact) mass is 869 g/mol. The van der Waals surface area contributed by atoms with Crippen LogP contribution in [0.4, 0.5) is 5.69 Å². The molecule has 15 heteroatoms. The van der Waals surface area contributed by atoms with E-state index >= 15 is 0 Å². The molecule has 0 saturated carbocycles. The summed E-state index contributed by atoms with van der Waals surface area (Å²) in [6, 6.07) is 15.0. The van der Waals surface area contributed by atoms with E-state index in [1.807, 2.05) is 32.9 Å². The number of unbranched alkanes of at least 4 members (excludes halogenated alkanes) is 2. The van der Waals surface area contributed by atoms with Crippen LogP contribution in [0.25, 0.3) is 11.1 Å². The molecule has 0 radical (unpaired) electrons. The molecule has 2 aromatic carbocycles. The molecule has 1 unspecified atom stereocenters. The number of ether oxygens (including phenoxy) is 1. The van der Waals surface area contributed by atoms with Crippen molar-refractivity contribution >= 4 is 29.3 Å². The lowest BCUT2D eigenvalue weighted by Gasteiger charge is -2.37. The van der Waals surface area contributed by atoms with Gasteiger partial charge in [-0.3, -0.25) is 33.8 Å². The number of H-pyrrole nitrogens is 1. The van der Waals surface area contributed by atoms with Gasteiger partial charge in [-0.05, 0) is 106 Å². The van der Waals surface area contributed by atoms with E-state index in [-0.39, 0.29) is 42.3 Å². The van der Waals surface area contributed by atoms with Gasteiger partial charge in [-0.15, -0.1) is 0 Å². The number of hydrogen-bond acceptors (Lipinski definition) is 10. The van der Waals surface area contributed by atoms with Crippen LogP contribution >= 0.6 is 0 Å². The third-order valence-corrected chi connectivity index (χ3v) is 12.7. The Morgan fingerprint density at radius 3 is 2.25 bits per heavy atom. The van der Waals surface area contributed by atoms with Gasteiger partial charge in [-0.2, -0.15) is 0 Å². The summed E-state index contributed by atoms with van der Waals surface area (Å²) < 4.78 is 5.69. The summed E-state index contributed by atoms with van der Waals surface area (Å²) in [5, 5.41) is 18.3. The maximum atomic E-state index is 14.0.